The van der Waals surface area contributed by atoms with E-state index in [1.807, 2.05) is 19.1 Å². The number of nitriles is 1. The Morgan fingerprint density at radius 3 is 2.72 bits per heavy atom. The monoisotopic (exact) mass is 396 g/mol. The maximum atomic E-state index is 13.3. The van der Waals surface area contributed by atoms with Gasteiger partial charge in [-0.3, -0.25) is 9.67 Å². The van der Waals surface area contributed by atoms with Crippen molar-refractivity contribution in [2.45, 2.75) is 19.5 Å². The largest absolute Gasteiger partial charge is 0.419 e. The summed E-state index contributed by atoms with van der Waals surface area (Å²) >= 11 is 0. The minimum Gasteiger partial charge on any atom is -0.345 e. The molecule has 6 nitrogen and oxygen atoms in total. The van der Waals surface area contributed by atoms with Crippen molar-refractivity contribution in [2.24, 2.45) is 7.05 Å². The Kier molecular flexibility index (Phi) is 4.34. The summed E-state index contributed by atoms with van der Waals surface area (Å²) in [6.45, 7) is 1.84. The van der Waals surface area contributed by atoms with Gasteiger partial charge in [0.25, 0.3) is 0 Å². The van der Waals surface area contributed by atoms with Crippen LogP contribution in [0.4, 0.5) is 13.2 Å². The number of aromatic nitrogens is 5. The molecule has 0 aromatic carbocycles. The molecule has 4 aromatic rings. The number of nitrogens with zero attached hydrogens (tertiary/aromatic N) is 5. The van der Waals surface area contributed by atoms with Gasteiger partial charge in [-0.2, -0.15) is 23.5 Å². The molecule has 0 unspecified atom stereocenters. The third-order valence-electron chi connectivity index (χ3n) is 4.54. The molecule has 0 bridgehead atoms. The minimum atomic E-state index is -4.50. The maximum Gasteiger partial charge on any atom is 0.419 e. The van der Waals surface area contributed by atoms with Crippen molar-refractivity contribution < 1.29 is 13.2 Å². The summed E-state index contributed by atoms with van der Waals surface area (Å²) in [5.74, 6) is 0. The van der Waals surface area contributed by atoms with Gasteiger partial charge < -0.3 is 4.98 Å². The fourth-order valence-electron chi connectivity index (χ4n) is 3.34. The Morgan fingerprint density at radius 1 is 1.24 bits per heavy atom. The number of pyridine rings is 2. The summed E-state index contributed by atoms with van der Waals surface area (Å²) in [6, 6.07) is 9.26. The molecule has 0 spiro atoms. The molecule has 1 N–H and O–H groups in total. The number of aryl methyl sites for hydroxylation is 2. The number of H-pyrrole nitrogens is 1. The third kappa shape index (κ3) is 3.45. The Hall–Kier alpha value is -3.67. The van der Waals surface area contributed by atoms with Crippen molar-refractivity contribution in [1.29, 1.82) is 5.26 Å². The number of halogens is 3. The van der Waals surface area contributed by atoms with Gasteiger partial charge in [0.2, 0.25) is 0 Å². The summed E-state index contributed by atoms with van der Waals surface area (Å²) < 4.78 is 41.1. The van der Waals surface area contributed by atoms with Crippen LogP contribution in [0.25, 0.3) is 22.3 Å². The fourth-order valence-corrected chi connectivity index (χ4v) is 3.34. The van der Waals surface area contributed by atoms with Crippen LogP contribution >= 0.6 is 0 Å². The summed E-state index contributed by atoms with van der Waals surface area (Å²) in [5, 5.41) is 14.0. The highest BCUT2D eigenvalue weighted by Gasteiger charge is 2.35. The molecule has 4 heterocycles. The van der Waals surface area contributed by atoms with Crippen LogP contribution in [-0.4, -0.2) is 24.7 Å². The molecule has 0 fully saturated rings. The van der Waals surface area contributed by atoms with E-state index in [-0.39, 0.29) is 12.1 Å². The number of fused-ring (bicyclic) bond motifs is 1. The molecule has 4 rings (SSSR count). The molecule has 9 heteroatoms. The average molecular weight is 396 g/mol. The first-order valence-electron chi connectivity index (χ1n) is 8.71. The van der Waals surface area contributed by atoms with Crippen LogP contribution in [-0.2, 0) is 19.6 Å². The minimum absolute atomic E-state index is 0.106. The zero-order valence-corrected chi connectivity index (χ0v) is 15.5. The van der Waals surface area contributed by atoms with Gasteiger partial charge in [-0.25, -0.2) is 4.98 Å². The molecule has 0 aliphatic carbocycles. The highest BCUT2D eigenvalue weighted by molar-refractivity contribution is 5.96. The number of hydrogen-bond donors (Lipinski definition) is 1. The maximum absolute atomic E-state index is 13.3. The van der Waals surface area contributed by atoms with E-state index in [2.05, 4.69) is 26.1 Å². The van der Waals surface area contributed by atoms with Crippen molar-refractivity contribution in [3.63, 3.8) is 0 Å². The lowest BCUT2D eigenvalue weighted by Gasteiger charge is -2.09. The van der Waals surface area contributed by atoms with Gasteiger partial charge >= 0.3 is 6.18 Å². The van der Waals surface area contributed by atoms with Gasteiger partial charge in [0.05, 0.1) is 22.5 Å². The van der Waals surface area contributed by atoms with Crippen LogP contribution in [0.2, 0.25) is 0 Å². The summed E-state index contributed by atoms with van der Waals surface area (Å²) in [7, 11) is 1.45. The molecular weight excluding hydrogens is 381 g/mol. The molecule has 0 saturated heterocycles. The first kappa shape index (κ1) is 18.7. The fraction of sp³-hybridized carbons (Fsp3) is 0.200. The molecule has 29 heavy (non-hydrogen) atoms. The summed E-state index contributed by atoms with van der Waals surface area (Å²) in [5.41, 5.74) is 2.35. The molecule has 0 amide bonds. The smallest absolute Gasteiger partial charge is 0.345 e. The number of alkyl halides is 3. The Balaban J connectivity index is 1.89. The van der Waals surface area contributed by atoms with Crippen molar-refractivity contribution in [2.75, 3.05) is 0 Å². The molecule has 0 atom stereocenters. The van der Waals surface area contributed by atoms with Gasteiger partial charge in [-0.1, -0.05) is 6.07 Å². The van der Waals surface area contributed by atoms with E-state index in [1.165, 1.54) is 13.2 Å². The van der Waals surface area contributed by atoms with Crippen molar-refractivity contribution >= 4 is 11.0 Å². The predicted octanol–water partition coefficient (Wildman–Crippen LogP) is 4.15. The van der Waals surface area contributed by atoms with E-state index in [0.717, 1.165) is 16.6 Å². The van der Waals surface area contributed by atoms with Crippen molar-refractivity contribution in [3.05, 3.63) is 64.9 Å². The second-order valence-electron chi connectivity index (χ2n) is 6.70. The second-order valence-corrected chi connectivity index (χ2v) is 6.70. The Labute approximate surface area is 163 Å². The first-order valence-corrected chi connectivity index (χ1v) is 8.71. The molecule has 146 valence electrons. The summed E-state index contributed by atoms with van der Waals surface area (Å²) in [6.07, 6.45) is -2.12. The lowest BCUT2D eigenvalue weighted by molar-refractivity contribution is -0.138. The van der Waals surface area contributed by atoms with Gasteiger partial charge in [-0.05, 0) is 25.1 Å². The predicted molar refractivity (Wildman–Crippen MR) is 99.8 cm³/mol. The Morgan fingerprint density at radius 2 is 2.03 bits per heavy atom. The van der Waals surface area contributed by atoms with Crippen LogP contribution in [0.3, 0.4) is 0 Å². The highest BCUT2D eigenvalue weighted by atomic mass is 19.4. The van der Waals surface area contributed by atoms with Gasteiger partial charge in [0.1, 0.15) is 11.7 Å². The molecule has 0 radical (unpaired) electrons. The van der Waals surface area contributed by atoms with Gasteiger partial charge in [-0.15, -0.1) is 0 Å². The SMILES string of the molecule is Cc1cccc(-c2cc(Cc3nn(C)cc3C(F)(F)F)nc3[nH]cc(C#N)c23)n1. The van der Waals surface area contributed by atoms with E-state index in [0.29, 0.717) is 33.5 Å². The van der Waals surface area contributed by atoms with Gasteiger partial charge in [0.15, 0.2) is 0 Å². The second kappa shape index (κ2) is 6.74. The Bertz CT molecular complexity index is 1260. The highest BCUT2D eigenvalue weighted by Crippen LogP contribution is 2.34. The van der Waals surface area contributed by atoms with E-state index in [1.54, 1.807) is 12.1 Å². The van der Waals surface area contributed by atoms with E-state index in [9.17, 15) is 18.4 Å². The molecule has 0 saturated carbocycles. The average Bonchev–Trinajstić information content (AvgIpc) is 3.24. The molecular formula is C20H15F3N6. The molecule has 0 aliphatic rings. The van der Waals surface area contributed by atoms with Crippen LogP contribution in [0, 0.1) is 18.3 Å². The van der Waals surface area contributed by atoms with E-state index in [4.69, 9.17) is 0 Å². The van der Waals surface area contributed by atoms with Crippen LogP contribution in [0.5, 0.6) is 0 Å². The zero-order chi connectivity index (χ0) is 20.8. The quantitative estimate of drug-likeness (QED) is 0.564. The van der Waals surface area contributed by atoms with Crippen LogP contribution in [0.15, 0.2) is 36.7 Å². The van der Waals surface area contributed by atoms with E-state index < -0.39 is 11.7 Å². The van der Waals surface area contributed by atoms with Crippen molar-refractivity contribution in [1.82, 2.24) is 24.7 Å². The third-order valence-corrected chi connectivity index (χ3v) is 4.54. The van der Waals surface area contributed by atoms with Gasteiger partial charge in [0, 0.05) is 48.2 Å². The number of rotatable bonds is 3. The molecule has 0 aliphatic heterocycles. The first-order chi connectivity index (χ1) is 13.8. The number of hydrogen-bond acceptors (Lipinski definition) is 4. The number of aromatic amines is 1. The van der Waals surface area contributed by atoms with Crippen LogP contribution < -0.4 is 0 Å². The topological polar surface area (TPSA) is 83.2 Å². The summed E-state index contributed by atoms with van der Waals surface area (Å²) in [4.78, 5) is 11.9. The van der Waals surface area contributed by atoms with E-state index >= 15 is 0 Å². The molecule has 4 aromatic heterocycles. The lowest BCUT2D eigenvalue weighted by Crippen LogP contribution is -2.08. The normalized spacial score (nSPS) is 11.7. The zero-order valence-electron chi connectivity index (χ0n) is 15.5. The standard InChI is InChI=1S/C20H15F3N6/c1-11-4-3-5-16(26-11)14-6-13(27-19-18(14)12(8-24)9-25-19)7-17-15(20(21,22)23)10-29(2)28-17/h3-6,9-10H,7H2,1-2H3,(H,25,27). The van der Waals surface area contributed by atoms with Crippen molar-refractivity contribution in [3.8, 4) is 17.3 Å². The van der Waals surface area contributed by atoms with Crippen LogP contribution in [0.1, 0.15) is 28.2 Å². The lowest BCUT2D eigenvalue weighted by atomic mass is 10.0. The number of nitrogens with one attached hydrogen (secondary N) is 1.